The number of hydrogen-bond donors (Lipinski definition) is 2. The third kappa shape index (κ3) is 4.29. The third-order valence-electron chi connectivity index (χ3n) is 5.44. The molecule has 1 aliphatic carbocycles. The van der Waals surface area contributed by atoms with Crippen LogP contribution in [-0.2, 0) is 25.0 Å². The molecule has 144 valence electrons. The Bertz CT molecular complexity index is 930. The Morgan fingerprint density at radius 1 is 1.07 bits per heavy atom. The largest absolute Gasteiger partial charge is 0.386 e. The summed E-state index contributed by atoms with van der Waals surface area (Å²) in [4.78, 5) is 9.39. The second kappa shape index (κ2) is 7.82. The molecule has 1 aliphatic rings. The van der Waals surface area contributed by atoms with Gasteiger partial charge in [-0.1, -0.05) is 54.6 Å². The Morgan fingerprint density at radius 3 is 2.54 bits per heavy atom. The summed E-state index contributed by atoms with van der Waals surface area (Å²) in [6, 6.07) is 18.8. The van der Waals surface area contributed by atoms with Crippen LogP contribution in [0.25, 0.3) is 11.4 Å². The molecule has 1 aromatic heterocycles. The van der Waals surface area contributed by atoms with Gasteiger partial charge in [-0.05, 0) is 49.8 Å². The summed E-state index contributed by atoms with van der Waals surface area (Å²) in [5.74, 6) is 0.817. The van der Waals surface area contributed by atoms with Crippen LogP contribution in [0, 0.1) is 0 Å². The number of nitrogens with one attached hydrogen (secondary N) is 1. The van der Waals surface area contributed by atoms with Crippen molar-refractivity contribution in [2.45, 2.75) is 51.3 Å². The van der Waals surface area contributed by atoms with E-state index >= 15 is 0 Å². The maximum atomic E-state index is 10.1. The summed E-state index contributed by atoms with van der Waals surface area (Å²) in [5.41, 5.74) is 4.88. The lowest BCUT2D eigenvalue weighted by Gasteiger charge is -2.25. The van der Waals surface area contributed by atoms with Crippen LogP contribution >= 0.6 is 0 Å². The van der Waals surface area contributed by atoms with Crippen molar-refractivity contribution in [1.29, 1.82) is 0 Å². The van der Waals surface area contributed by atoms with Crippen molar-refractivity contribution < 1.29 is 5.11 Å². The molecule has 1 heterocycles. The number of benzene rings is 2. The summed E-state index contributed by atoms with van der Waals surface area (Å²) >= 11 is 0. The van der Waals surface area contributed by atoms with Crippen LogP contribution < -0.4 is 5.32 Å². The molecule has 4 rings (SSSR count). The van der Waals surface area contributed by atoms with Gasteiger partial charge in [-0.3, -0.25) is 0 Å². The quantitative estimate of drug-likeness (QED) is 0.709. The summed E-state index contributed by atoms with van der Waals surface area (Å²) in [6.07, 6.45) is 5.02. The smallest absolute Gasteiger partial charge is 0.159 e. The predicted octanol–water partition coefficient (Wildman–Crippen LogP) is 4.02. The molecule has 0 saturated carbocycles. The van der Waals surface area contributed by atoms with Gasteiger partial charge in [0.25, 0.3) is 0 Å². The van der Waals surface area contributed by atoms with Gasteiger partial charge in [-0.15, -0.1) is 0 Å². The fraction of sp³-hybridized carbons (Fsp3) is 0.333. The summed E-state index contributed by atoms with van der Waals surface area (Å²) < 4.78 is 0. The van der Waals surface area contributed by atoms with E-state index in [1.165, 1.54) is 16.8 Å². The van der Waals surface area contributed by atoms with E-state index < -0.39 is 5.60 Å². The van der Waals surface area contributed by atoms with Crippen molar-refractivity contribution >= 4 is 0 Å². The highest BCUT2D eigenvalue weighted by Crippen LogP contribution is 2.23. The highest BCUT2D eigenvalue weighted by atomic mass is 16.3. The first-order chi connectivity index (χ1) is 13.5. The normalized spacial score (nSPS) is 16.6. The lowest BCUT2D eigenvalue weighted by Crippen LogP contribution is -2.34. The molecule has 0 radical (unpaired) electrons. The van der Waals surface area contributed by atoms with E-state index in [1.807, 2.05) is 50.4 Å². The molecule has 2 N–H and O–H groups in total. The van der Waals surface area contributed by atoms with E-state index in [9.17, 15) is 5.11 Å². The molecule has 1 unspecified atom stereocenters. The molecule has 1 atom stereocenters. The van der Waals surface area contributed by atoms with Crippen molar-refractivity contribution in [3.8, 4) is 11.4 Å². The van der Waals surface area contributed by atoms with Crippen LogP contribution in [0.2, 0.25) is 0 Å². The van der Waals surface area contributed by atoms with Gasteiger partial charge in [0.05, 0.1) is 5.60 Å². The fourth-order valence-electron chi connectivity index (χ4n) is 3.70. The summed E-state index contributed by atoms with van der Waals surface area (Å²) in [6.45, 7) is 4.45. The van der Waals surface area contributed by atoms with E-state index in [-0.39, 0.29) is 0 Å². The van der Waals surface area contributed by atoms with E-state index in [0.717, 1.165) is 42.8 Å². The number of aromatic nitrogens is 2. The molecule has 0 bridgehead atoms. The van der Waals surface area contributed by atoms with Crippen LogP contribution in [0.3, 0.4) is 0 Å². The first-order valence-corrected chi connectivity index (χ1v) is 9.94. The Kier molecular flexibility index (Phi) is 5.25. The number of fused-ring (bicyclic) bond motifs is 1. The minimum absolute atomic E-state index is 0.438. The fourth-order valence-corrected chi connectivity index (χ4v) is 3.70. The van der Waals surface area contributed by atoms with Crippen LogP contribution in [0.5, 0.6) is 0 Å². The van der Waals surface area contributed by atoms with E-state index in [0.29, 0.717) is 6.04 Å². The Hall–Kier alpha value is -2.56. The maximum Gasteiger partial charge on any atom is 0.159 e. The molecule has 3 aromatic rings. The van der Waals surface area contributed by atoms with Crippen molar-refractivity contribution in [1.82, 2.24) is 15.3 Å². The molecule has 0 fully saturated rings. The van der Waals surface area contributed by atoms with Gasteiger partial charge in [0.15, 0.2) is 5.82 Å². The molecular formula is C24H27N3O. The highest BCUT2D eigenvalue weighted by molar-refractivity contribution is 5.54. The lowest BCUT2D eigenvalue weighted by molar-refractivity contribution is 0.0786. The average Bonchev–Trinajstić information content (AvgIpc) is 2.72. The number of hydrogen-bond acceptors (Lipinski definition) is 4. The standard InChI is InChI=1S/C24H27N3O/c1-24(2,28)20-10-8-17(9-11-20)15-25-21-12-13-22-19(14-21)16-26-23(27-22)18-6-4-3-5-7-18/h3-11,16,21,25,28H,12-15H2,1-2H3. The van der Waals surface area contributed by atoms with E-state index in [2.05, 4.69) is 34.6 Å². The Labute approximate surface area is 166 Å². The highest BCUT2D eigenvalue weighted by Gasteiger charge is 2.21. The molecule has 4 nitrogen and oxygen atoms in total. The molecule has 2 aromatic carbocycles. The van der Waals surface area contributed by atoms with E-state index in [4.69, 9.17) is 4.98 Å². The molecule has 28 heavy (non-hydrogen) atoms. The van der Waals surface area contributed by atoms with Crippen LogP contribution in [0.15, 0.2) is 60.8 Å². The zero-order chi connectivity index (χ0) is 19.6. The second-order valence-corrected chi connectivity index (χ2v) is 8.11. The first-order valence-electron chi connectivity index (χ1n) is 9.94. The number of nitrogens with zero attached hydrogens (tertiary/aromatic N) is 2. The van der Waals surface area contributed by atoms with Gasteiger partial charge in [0.1, 0.15) is 0 Å². The number of aliphatic hydroxyl groups is 1. The second-order valence-electron chi connectivity index (χ2n) is 8.11. The van der Waals surface area contributed by atoms with Crippen molar-refractivity contribution in [3.63, 3.8) is 0 Å². The predicted molar refractivity (Wildman–Crippen MR) is 112 cm³/mol. The minimum atomic E-state index is -0.794. The van der Waals surface area contributed by atoms with Crippen molar-refractivity contribution in [3.05, 3.63) is 83.2 Å². The zero-order valence-corrected chi connectivity index (χ0v) is 16.5. The maximum absolute atomic E-state index is 10.1. The minimum Gasteiger partial charge on any atom is -0.386 e. The van der Waals surface area contributed by atoms with Gasteiger partial charge in [-0.2, -0.15) is 0 Å². The van der Waals surface area contributed by atoms with Crippen LogP contribution in [0.1, 0.15) is 42.7 Å². The van der Waals surface area contributed by atoms with Crippen molar-refractivity contribution in [2.24, 2.45) is 0 Å². The van der Waals surface area contributed by atoms with Gasteiger partial charge in [-0.25, -0.2) is 9.97 Å². The third-order valence-corrected chi connectivity index (χ3v) is 5.44. The van der Waals surface area contributed by atoms with Crippen LogP contribution in [0.4, 0.5) is 0 Å². The van der Waals surface area contributed by atoms with Crippen molar-refractivity contribution in [2.75, 3.05) is 0 Å². The lowest BCUT2D eigenvalue weighted by atomic mass is 9.92. The number of aryl methyl sites for hydroxylation is 1. The molecule has 0 aliphatic heterocycles. The average molecular weight is 374 g/mol. The van der Waals surface area contributed by atoms with Crippen LogP contribution in [-0.4, -0.2) is 21.1 Å². The molecule has 4 heteroatoms. The number of rotatable bonds is 5. The molecule has 0 spiro atoms. The summed E-state index contributed by atoms with van der Waals surface area (Å²) in [5, 5.41) is 13.7. The first kappa shape index (κ1) is 18.8. The van der Waals surface area contributed by atoms with Gasteiger partial charge >= 0.3 is 0 Å². The van der Waals surface area contributed by atoms with Gasteiger partial charge in [0, 0.05) is 30.0 Å². The molecular weight excluding hydrogens is 346 g/mol. The SMILES string of the molecule is CC(C)(O)c1ccc(CNC2CCc3nc(-c4ccccc4)ncc3C2)cc1. The Balaban J connectivity index is 1.38. The topological polar surface area (TPSA) is 58.0 Å². The molecule has 0 saturated heterocycles. The summed E-state index contributed by atoms with van der Waals surface area (Å²) in [7, 11) is 0. The van der Waals surface area contributed by atoms with Gasteiger partial charge < -0.3 is 10.4 Å². The molecule has 0 amide bonds. The monoisotopic (exact) mass is 373 g/mol. The zero-order valence-electron chi connectivity index (χ0n) is 16.5. The van der Waals surface area contributed by atoms with E-state index in [1.54, 1.807) is 0 Å². The Morgan fingerprint density at radius 2 is 1.82 bits per heavy atom. The van der Waals surface area contributed by atoms with Gasteiger partial charge in [0.2, 0.25) is 0 Å².